The van der Waals surface area contributed by atoms with E-state index >= 15 is 0 Å². The molecule has 2 unspecified atom stereocenters. The van der Waals surface area contributed by atoms with Gasteiger partial charge in [0.2, 0.25) is 15.9 Å². The largest absolute Gasteiger partial charge is 0.369 e. The third-order valence-electron chi connectivity index (χ3n) is 4.70. The summed E-state index contributed by atoms with van der Waals surface area (Å²) >= 11 is 0. The van der Waals surface area contributed by atoms with Gasteiger partial charge in [-0.3, -0.25) is 4.79 Å². The number of piperidine rings is 1. The van der Waals surface area contributed by atoms with Crippen LogP contribution in [-0.4, -0.2) is 46.5 Å². The lowest BCUT2D eigenvalue weighted by atomic mass is 9.95. The summed E-state index contributed by atoms with van der Waals surface area (Å²) in [5, 5.41) is 0. The van der Waals surface area contributed by atoms with Crippen molar-refractivity contribution < 1.29 is 13.2 Å². The number of para-hydroxylation sites is 2. The number of fused-ring (bicyclic) bond motifs is 1. The Morgan fingerprint density at radius 3 is 2.83 bits per heavy atom. The molecule has 0 radical (unpaired) electrons. The van der Waals surface area contributed by atoms with E-state index in [0.717, 1.165) is 11.0 Å². The fourth-order valence-corrected chi connectivity index (χ4v) is 4.94. The van der Waals surface area contributed by atoms with Crippen LogP contribution in [0.5, 0.6) is 0 Å². The second-order valence-corrected chi connectivity index (χ2v) is 8.38. The van der Waals surface area contributed by atoms with Gasteiger partial charge in [0.25, 0.3) is 0 Å². The maximum Gasteiger partial charge on any atom is 0.221 e. The van der Waals surface area contributed by atoms with Crippen molar-refractivity contribution in [3.8, 4) is 0 Å². The van der Waals surface area contributed by atoms with E-state index < -0.39 is 21.8 Å². The Hall–Kier alpha value is -1.93. The maximum absolute atomic E-state index is 12.7. The first kappa shape index (κ1) is 16.9. The first-order valence-electron chi connectivity index (χ1n) is 8.07. The van der Waals surface area contributed by atoms with Crippen molar-refractivity contribution >= 4 is 27.0 Å². The molecule has 2 atom stereocenters. The zero-order valence-corrected chi connectivity index (χ0v) is 14.4. The molecule has 8 heteroatoms. The molecule has 2 aromatic rings. The standard InChI is InChI=1S/C16H22N4O3S/c1-12-6-7-13(16(17)21)10-20(12)24(22,23)9-8-19-11-18-14-4-2-3-5-15(14)19/h2-5,11-13H,6-10H2,1H3,(H2,17,21). The molecule has 1 saturated heterocycles. The molecule has 0 spiro atoms. The third kappa shape index (κ3) is 3.29. The molecule has 2 heterocycles. The Morgan fingerprint density at radius 2 is 2.08 bits per heavy atom. The smallest absolute Gasteiger partial charge is 0.221 e. The fourth-order valence-electron chi connectivity index (χ4n) is 3.21. The second kappa shape index (κ2) is 6.52. The number of benzene rings is 1. The molecule has 1 amide bonds. The molecule has 1 fully saturated rings. The Morgan fingerprint density at radius 1 is 1.33 bits per heavy atom. The number of primary amides is 1. The van der Waals surface area contributed by atoms with Crippen molar-refractivity contribution in [2.75, 3.05) is 12.3 Å². The lowest BCUT2D eigenvalue weighted by molar-refractivity contribution is -0.123. The Bertz CT molecular complexity index is 846. The molecular weight excluding hydrogens is 328 g/mol. The van der Waals surface area contributed by atoms with Crippen LogP contribution in [0, 0.1) is 5.92 Å². The topological polar surface area (TPSA) is 98.3 Å². The van der Waals surface area contributed by atoms with Gasteiger partial charge in [0.1, 0.15) is 0 Å². The number of imidazole rings is 1. The lowest BCUT2D eigenvalue weighted by Crippen LogP contribution is -2.49. The molecular formula is C16H22N4O3S. The van der Waals surface area contributed by atoms with Crippen LogP contribution in [0.15, 0.2) is 30.6 Å². The van der Waals surface area contributed by atoms with Gasteiger partial charge >= 0.3 is 0 Å². The van der Waals surface area contributed by atoms with Gasteiger partial charge in [-0.25, -0.2) is 13.4 Å². The highest BCUT2D eigenvalue weighted by atomic mass is 32.2. The number of sulfonamides is 1. The minimum Gasteiger partial charge on any atom is -0.369 e. The molecule has 130 valence electrons. The van der Waals surface area contributed by atoms with Crippen molar-refractivity contribution in [1.29, 1.82) is 0 Å². The van der Waals surface area contributed by atoms with Crippen LogP contribution < -0.4 is 5.73 Å². The van der Waals surface area contributed by atoms with Crippen molar-refractivity contribution in [2.45, 2.75) is 32.4 Å². The summed E-state index contributed by atoms with van der Waals surface area (Å²) in [5.41, 5.74) is 7.11. The molecule has 1 aliphatic heterocycles. The predicted molar refractivity (Wildman–Crippen MR) is 91.6 cm³/mol. The van der Waals surface area contributed by atoms with E-state index in [2.05, 4.69) is 4.98 Å². The van der Waals surface area contributed by atoms with E-state index in [1.54, 1.807) is 6.33 Å². The number of amides is 1. The number of carbonyl (C=O) groups is 1. The van der Waals surface area contributed by atoms with Crippen LogP contribution >= 0.6 is 0 Å². The van der Waals surface area contributed by atoms with Gasteiger partial charge in [-0.1, -0.05) is 12.1 Å². The monoisotopic (exact) mass is 350 g/mol. The number of carbonyl (C=O) groups excluding carboxylic acids is 1. The number of aromatic nitrogens is 2. The number of aryl methyl sites for hydroxylation is 1. The number of nitrogens with zero attached hydrogens (tertiary/aromatic N) is 3. The van der Waals surface area contributed by atoms with E-state index in [-0.39, 0.29) is 18.3 Å². The average molecular weight is 350 g/mol. The molecule has 7 nitrogen and oxygen atoms in total. The van der Waals surface area contributed by atoms with Gasteiger partial charge < -0.3 is 10.3 Å². The van der Waals surface area contributed by atoms with Crippen LogP contribution in [0.2, 0.25) is 0 Å². The molecule has 24 heavy (non-hydrogen) atoms. The van der Waals surface area contributed by atoms with Gasteiger partial charge in [-0.15, -0.1) is 0 Å². The molecule has 1 aromatic heterocycles. The lowest BCUT2D eigenvalue weighted by Gasteiger charge is -2.35. The summed E-state index contributed by atoms with van der Waals surface area (Å²) in [6, 6.07) is 7.51. The minimum atomic E-state index is -3.47. The van der Waals surface area contributed by atoms with E-state index in [4.69, 9.17) is 5.73 Å². The summed E-state index contributed by atoms with van der Waals surface area (Å²) in [7, 11) is -3.47. The van der Waals surface area contributed by atoms with E-state index in [1.165, 1.54) is 4.31 Å². The fraction of sp³-hybridized carbons (Fsp3) is 0.500. The molecule has 3 rings (SSSR count). The number of nitrogens with two attached hydrogens (primary N) is 1. The van der Waals surface area contributed by atoms with Crippen molar-refractivity contribution in [3.63, 3.8) is 0 Å². The number of rotatable bonds is 5. The molecule has 1 aromatic carbocycles. The van der Waals surface area contributed by atoms with Gasteiger partial charge in [0, 0.05) is 19.1 Å². The molecule has 0 saturated carbocycles. The molecule has 2 N–H and O–H groups in total. The maximum atomic E-state index is 12.7. The summed E-state index contributed by atoms with van der Waals surface area (Å²) in [6.45, 7) is 2.39. The highest BCUT2D eigenvalue weighted by Crippen LogP contribution is 2.25. The highest BCUT2D eigenvalue weighted by molar-refractivity contribution is 7.89. The van der Waals surface area contributed by atoms with Gasteiger partial charge in [0.05, 0.1) is 29.0 Å². The molecule has 0 aliphatic carbocycles. The third-order valence-corrected chi connectivity index (χ3v) is 6.62. The minimum absolute atomic E-state index is 0.0246. The Balaban J connectivity index is 1.74. The normalized spacial score (nSPS) is 22.7. The summed E-state index contributed by atoms with van der Waals surface area (Å²) in [4.78, 5) is 15.7. The van der Waals surface area contributed by atoms with Crippen molar-refractivity contribution in [3.05, 3.63) is 30.6 Å². The predicted octanol–water partition coefficient (Wildman–Crippen LogP) is 0.952. The van der Waals surface area contributed by atoms with E-state index in [9.17, 15) is 13.2 Å². The first-order chi connectivity index (χ1) is 11.4. The van der Waals surface area contributed by atoms with E-state index in [1.807, 2.05) is 35.8 Å². The summed E-state index contributed by atoms with van der Waals surface area (Å²) < 4.78 is 28.7. The van der Waals surface area contributed by atoms with Crippen LogP contribution in [0.1, 0.15) is 19.8 Å². The number of hydrogen-bond donors (Lipinski definition) is 1. The second-order valence-electron chi connectivity index (χ2n) is 6.34. The summed E-state index contributed by atoms with van der Waals surface area (Å²) in [6.07, 6.45) is 2.96. The zero-order valence-electron chi connectivity index (χ0n) is 13.6. The van der Waals surface area contributed by atoms with Gasteiger partial charge in [0.15, 0.2) is 0 Å². The van der Waals surface area contributed by atoms with Crippen molar-refractivity contribution in [1.82, 2.24) is 13.9 Å². The van der Waals surface area contributed by atoms with Crippen LogP contribution in [0.3, 0.4) is 0 Å². The van der Waals surface area contributed by atoms with E-state index in [0.29, 0.717) is 19.4 Å². The highest BCUT2D eigenvalue weighted by Gasteiger charge is 2.35. The van der Waals surface area contributed by atoms with Crippen molar-refractivity contribution in [2.24, 2.45) is 11.7 Å². The average Bonchev–Trinajstić information content (AvgIpc) is 2.96. The SMILES string of the molecule is CC1CCC(C(N)=O)CN1S(=O)(=O)CCn1cnc2ccccc21. The molecule has 1 aliphatic rings. The Labute approximate surface area is 141 Å². The van der Waals surface area contributed by atoms with Gasteiger partial charge in [-0.2, -0.15) is 4.31 Å². The molecule has 0 bridgehead atoms. The van der Waals surface area contributed by atoms with Gasteiger partial charge in [-0.05, 0) is 31.9 Å². The summed E-state index contributed by atoms with van der Waals surface area (Å²) in [5.74, 6) is -0.851. The zero-order chi connectivity index (χ0) is 17.3. The van der Waals surface area contributed by atoms with Crippen LogP contribution in [0.25, 0.3) is 11.0 Å². The Kier molecular flexibility index (Phi) is 4.60. The van der Waals surface area contributed by atoms with Crippen LogP contribution in [0.4, 0.5) is 0 Å². The van der Waals surface area contributed by atoms with Crippen LogP contribution in [-0.2, 0) is 21.4 Å². The number of hydrogen-bond acceptors (Lipinski definition) is 4. The quantitative estimate of drug-likeness (QED) is 0.868. The first-order valence-corrected chi connectivity index (χ1v) is 9.68.